The van der Waals surface area contributed by atoms with Crippen molar-refractivity contribution in [2.24, 2.45) is 0 Å². The van der Waals surface area contributed by atoms with Gasteiger partial charge in [-0.05, 0) is 78.4 Å². The molecule has 2 nitrogen and oxygen atoms in total. The maximum absolute atomic E-state index is 12.7. The van der Waals surface area contributed by atoms with Gasteiger partial charge in [0.2, 0.25) is 0 Å². The van der Waals surface area contributed by atoms with Crippen molar-refractivity contribution in [1.29, 1.82) is 0 Å². The Labute approximate surface area is 146 Å². The first kappa shape index (κ1) is 15.0. The molecule has 3 rings (SSSR count). The van der Waals surface area contributed by atoms with E-state index in [0.717, 1.165) is 25.8 Å². The summed E-state index contributed by atoms with van der Waals surface area (Å²) in [6.45, 7) is 4.12. The highest BCUT2D eigenvalue weighted by Crippen LogP contribution is 2.35. The Bertz CT molecular complexity index is 738. The molecule has 1 aliphatic rings. The van der Waals surface area contributed by atoms with Gasteiger partial charge < -0.3 is 4.74 Å². The Balaban J connectivity index is 1.99. The Morgan fingerprint density at radius 2 is 2.00 bits per heavy atom. The van der Waals surface area contributed by atoms with Crippen LogP contribution in [0.2, 0.25) is 0 Å². The second-order valence-electron chi connectivity index (χ2n) is 5.81. The third kappa shape index (κ3) is 3.01. The number of ether oxygens (including phenoxy) is 1. The molecule has 0 spiro atoms. The fourth-order valence-electron chi connectivity index (χ4n) is 2.58. The molecule has 0 saturated carbocycles. The molecule has 0 aromatic heterocycles. The predicted molar refractivity (Wildman–Crippen MR) is 95.1 cm³/mol. The van der Waals surface area contributed by atoms with Crippen LogP contribution in [-0.4, -0.2) is 11.4 Å². The summed E-state index contributed by atoms with van der Waals surface area (Å²) >= 11 is 5.68. The van der Waals surface area contributed by atoms with Gasteiger partial charge in [0.25, 0.3) is 0 Å². The number of hydrogen-bond acceptors (Lipinski definition) is 2. The highest BCUT2D eigenvalue weighted by atomic mass is 127. The summed E-state index contributed by atoms with van der Waals surface area (Å²) in [4.78, 5) is 12.7. The molecule has 1 aliphatic heterocycles. The standard InChI is InChI=1S/C17H14BrIO2/c1-17(2)9-11-7-10(3-6-15(11)21-17)16(20)13-8-12(19)4-5-14(13)18/h3-8H,9H2,1-2H3. The molecular formula is C17H14BrIO2. The molecule has 0 aliphatic carbocycles. The SMILES string of the molecule is CC1(C)Cc2cc(C(=O)c3cc(I)ccc3Br)ccc2O1. The molecule has 108 valence electrons. The van der Waals surface area contributed by atoms with Crippen LogP contribution in [0.4, 0.5) is 0 Å². The van der Waals surface area contributed by atoms with Crippen molar-refractivity contribution < 1.29 is 9.53 Å². The number of carbonyl (C=O) groups excluding carboxylic acids is 1. The van der Waals surface area contributed by atoms with E-state index in [1.807, 2.05) is 36.4 Å². The number of ketones is 1. The summed E-state index contributed by atoms with van der Waals surface area (Å²) in [5.74, 6) is 0.922. The summed E-state index contributed by atoms with van der Waals surface area (Å²) in [7, 11) is 0. The molecule has 2 aromatic rings. The van der Waals surface area contributed by atoms with E-state index in [-0.39, 0.29) is 11.4 Å². The number of fused-ring (bicyclic) bond motifs is 1. The third-order valence-electron chi connectivity index (χ3n) is 3.50. The molecule has 2 aromatic carbocycles. The van der Waals surface area contributed by atoms with Crippen LogP contribution in [0.15, 0.2) is 40.9 Å². The van der Waals surface area contributed by atoms with E-state index in [4.69, 9.17) is 4.74 Å². The van der Waals surface area contributed by atoms with Crippen molar-refractivity contribution in [1.82, 2.24) is 0 Å². The van der Waals surface area contributed by atoms with Crippen LogP contribution in [0.25, 0.3) is 0 Å². The van der Waals surface area contributed by atoms with Gasteiger partial charge in [-0.3, -0.25) is 4.79 Å². The number of rotatable bonds is 2. The van der Waals surface area contributed by atoms with Crippen molar-refractivity contribution in [2.75, 3.05) is 0 Å². The van der Waals surface area contributed by atoms with E-state index in [0.29, 0.717) is 11.1 Å². The van der Waals surface area contributed by atoms with Crippen molar-refractivity contribution in [3.8, 4) is 5.75 Å². The lowest BCUT2D eigenvalue weighted by molar-refractivity contribution is 0.103. The largest absolute Gasteiger partial charge is 0.487 e. The van der Waals surface area contributed by atoms with Gasteiger partial charge >= 0.3 is 0 Å². The lowest BCUT2D eigenvalue weighted by atomic mass is 9.97. The normalized spacial score (nSPS) is 15.4. The van der Waals surface area contributed by atoms with E-state index in [9.17, 15) is 4.79 Å². The van der Waals surface area contributed by atoms with E-state index < -0.39 is 0 Å². The van der Waals surface area contributed by atoms with E-state index >= 15 is 0 Å². The van der Waals surface area contributed by atoms with Gasteiger partial charge in [0.05, 0.1) is 0 Å². The van der Waals surface area contributed by atoms with Gasteiger partial charge in [0.1, 0.15) is 11.4 Å². The second kappa shape index (κ2) is 5.39. The summed E-state index contributed by atoms with van der Waals surface area (Å²) in [5, 5.41) is 0. The lowest BCUT2D eigenvalue weighted by Crippen LogP contribution is -2.24. The molecule has 1 heterocycles. The van der Waals surface area contributed by atoms with Crippen LogP contribution in [0.1, 0.15) is 35.3 Å². The van der Waals surface area contributed by atoms with Crippen LogP contribution < -0.4 is 4.74 Å². The quantitative estimate of drug-likeness (QED) is 0.469. The number of benzene rings is 2. The predicted octanol–water partition coefficient (Wildman–Crippen LogP) is 5.00. The molecule has 0 radical (unpaired) electrons. The van der Waals surface area contributed by atoms with Crippen molar-refractivity contribution in [3.63, 3.8) is 0 Å². The zero-order valence-corrected chi connectivity index (χ0v) is 15.5. The zero-order valence-electron chi connectivity index (χ0n) is 11.7. The summed E-state index contributed by atoms with van der Waals surface area (Å²) in [6, 6.07) is 11.5. The van der Waals surface area contributed by atoms with E-state index in [1.54, 1.807) is 0 Å². The van der Waals surface area contributed by atoms with Gasteiger partial charge in [-0.25, -0.2) is 0 Å². The van der Waals surface area contributed by atoms with Crippen molar-refractivity contribution in [2.45, 2.75) is 25.9 Å². The average Bonchev–Trinajstić information content (AvgIpc) is 2.73. The van der Waals surface area contributed by atoms with E-state index in [2.05, 4.69) is 52.4 Å². The third-order valence-corrected chi connectivity index (χ3v) is 4.86. The minimum absolute atomic E-state index is 0.0351. The molecule has 0 amide bonds. The lowest BCUT2D eigenvalue weighted by Gasteiger charge is -2.16. The van der Waals surface area contributed by atoms with Gasteiger partial charge in [-0.1, -0.05) is 15.9 Å². The summed E-state index contributed by atoms with van der Waals surface area (Å²) < 4.78 is 7.73. The summed E-state index contributed by atoms with van der Waals surface area (Å²) in [6.07, 6.45) is 0.830. The Hall–Kier alpha value is -0.880. The molecule has 0 atom stereocenters. The first-order valence-electron chi connectivity index (χ1n) is 6.67. The average molecular weight is 457 g/mol. The number of hydrogen-bond donors (Lipinski definition) is 0. The molecule has 0 fully saturated rings. The van der Waals surface area contributed by atoms with Gasteiger partial charge in [0, 0.05) is 25.6 Å². The monoisotopic (exact) mass is 456 g/mol. The second-order valence-corrected chi connectivity index (χ2v) is 7.91. The molecule has 0 unspecified atom stereocenters. The molecule has 0 saturated heterocycles. The zero-order chi connectivity index (χ0) is 15.2. The molecule has 0 bridgehead atoms. The van der Waals surface area contributed by atoms with Crippen molar-refractivity contribution in [3.05, 3.63) is 61.1 Å². The highest BCUT2D eigenvalue weighted by molar-refractivity contribution is 14.1. The van der Waals surface area contributed by atoms with Gasteiger partial charge in [-0.2, -0.15) is 0 Å². The molecular weight excluding hydrogens is 443 g/mol. The van der Waals surface area contributed by atoms with Crippen LogP contribution in [-0.2, 0) is 6.42 Å². The van der Waals surface area contributed by atoms with Crippen LogP contribution in [0.5, 0.6) is 5.75 Å². The molecule has 0 N–H and O–H groups in total. The van der Waals surface area contributed by atoms with Crippen molar-refractivity contribution >= 4 is 44.3 Å². The van der Waals surface area contributed by atoms with E-state index in [1.165, 1.54) is 0 Å². The van der Waals surface area contributed by atoms with Crippen LogP contribution in [0.3, 0.4) is 0 Å². The molecule has 4 heteroatoms. The maximum atomic E-state index is 12.7. The smallest absolute Gasteiger partial charge is 0.194 e. The fourth-order valence-corrected chi connectivity index (χ4v) is 3.50. The fraction of sp³-hybridized carbons (Fsp3) is 0.235. The molecule has 21 heavy (non-hydrogen) atoms. The maximum Gasteiger partial charge on any atom is 0.194 e. The van der Waals surface area contributed by atoms with Crippen LogP contribution >= 0.6 is 38.5 Å². The number of halogens is 2. The minimum Gasteiger partial charge on any atom is -0.487 e. The Morgan fingerprint density at radius 3 is 2.76 bits per heavy atom. The Morgan fingerprint density at radius 1 is 1.24 bits per heavy atom. The van der Waals surface area contributed by atoms with Gasteiger partial charge in [-0.15, -0.1) is 0 Å². The number of carbonyl (C=O) groups is 1. The summed E-state index contributed by atoms with van der Waals surface area (Å²) in [5.41, 5.74) is 2.32. The Kier molecular flexibility index (Phi) is 3.86. The highest BCUT2D eigenvalue weighted by Gasteiger charge is 2.30. The first-order chi connectivity index (χ1) is 9.85. The van der Waals surface area contributed by atoms with Crippen LogP contribution in [0, 0.1) is 3.57 Å². The van der Waals surface area contributed by atoms with Gasteiger partial charge in [0.15, 0.2) is 5.78 Å². The first-order valence-corrected chi connectivity index (χ1v) is 8.55. The minimum atomic E-state index is -0.188. The topological polar surface area (TPSA) is 26.3 Å².